The van der Waals surface area contributed by atoms with Crippen LogP contribution in [0.2, 0.25) is 0 Å². The molecule has 0 spiro atoms. The maximum absolute atomic E-state index is 5.75. The molecule has 0 fully saturated rings. The van der Waals surface area contributed by atoms with Crippen molar-refractivity contribution >= 4 is 5.82 Å². The second kappa shape index (κ2) is 6.90. The highest BCUT2D eigenvalue weighted by atomic mass is 16.5. The molecular weight excluding hydrogens is 268 g/mol. The van der Waals surface area contributed by atoms with Gasteiger partial charge < -0.3 is 14.9 Å². The SMILES string of the molecule is CCc1ccc(OCc2nc(C)cc(NN)n2)c(OC)c1. The zero-order chi connectivity index (χ0) is 15.2. The van der Waals surface area contributed by atoms with Crippen molar-refractivity contribution in [2.75, 3.05) is 12.5 Å². The molecule has 0 saturated carbocycles. The van der Waals surface area contributed by atoms with E-state index in [2.05, 4.69) is 22.3 Å². The smallest absolute Gasteiger partial charge is 0.168 e. The minimum Gasteiger partial charge on any atom is -0.493 e. The molecule has 0 bridgehead atoms. The molecule has 0 aliphatic carbocycles. The summed E-state index contributed by atoms with van der Waals surface area (Å²) in [7, 11) is 1.63. The first-order chi connectivity index (χ1) is 10.2. The molecule has 1 aromatic carbocycles. The van der Waals surface area contributed by atoms with Crippen LogP contribution in [0.3, 0.4) is 0 Å². The Morgan fingerprint density at radius 3 is 2.67 bits per heavy atom. The van der Waals surface area contributed by atoms with Crippen molar-refractivity contribution < 1.29 is 9.47 Å². The number of nitrogens with zero attached hydrogens (tertiary/aromatic N) is 2. The topological polar surface area (TPSA) is 82.3 Å². The molecule has 112 valence electrons. The Bertz CT molecular complexity index is 617. The molecule has 0 aliphatic rings. The average molecular weight is 288 g/mol. The number of nitrogens with one attached hydrogen (secondary N) is 1. The van der Waals surface area contributed by atoms with Crippen molar-refractivity contribution in [2.45, 2.75) is 26.9 Å². The lowest BCUT2D eigenvalue weighted by atomic mass is 10.1. The van der Waals surface area contributed by atoms with Gasteiger partial charge in [-0.05, 0) is 31.0 Å². The second-order valence-corrected chi connectivity index (χ2v) is 4.58. The number of aromatic nitrogens is 2. The summed E-state index contributed by atoms with van der Waals surface area (Å²) >= 11 is 0. The molecule has 0 atom stereocenters. The van der Waals surface area contributed by atoms with E-state index in [1.807, 2.05) is 25.1 Å². The molecule has 0 radical (unpaired) electrons. The fourth-order valence-corrected chi connectivity index (χ4v) is 1.96. The number of aryl methyl sites for hydroxylation is 2. The van der Waals surface area contributed by atoms with E-state index < -0.39 is 0 Å². The molecular formula is C15H20N4O2. The van der Waals surface area contributed by atoms with Crippen molar-refractivity contribution in [3.8, 4) is 11.5 Å². The molecule has 0 aliphatic heterocycles. The molecule has 21 heavy (non-hydrogen) atoms. The highest BCUT2D eigenvalue weighted by Gasteiger charge is 2.08. The van der Waals surface area contributed by atoms with E-state index in [1.165, 1.54) is 5.56 Å². The molecule has 2 aromatic rings. The molecule has 6 nitrogen and oxygen atoms in total. The van der Waals surface area contributed by atoms with Crippen LogP contribution >= 0.6 is 0 Å². The summed E-state index contributed by atoms with van der Waals surface area (Å²) in [6.07, 6.45) is 0.948. The van der Waals surface area contributed by atoms with E-state index in [0.717, 1.165) is 12.1 Å². The fourth-order valence-electron chi connectivity index (χ4n) is 1.96. The molecule has 1 aromatic heterocycles. The summed E-state index contributed by atoms with van der Waals surface area (Å²) < 4.78 is 11.1. The Labute approximate surface area is 124 Å². The van der Waals surface area contributed by atoms with Crippen LogP contribution in [0.5, 0.6) is 11.5 Å². The molecule has 0 saturated heterocycles. The van der Waals surface area contributed by atoms with Crippen molar-refractivity contribution in [2.24, 2.45) is 5.84 Å². The second-order valence-electron chi connectivity index (χ2n) is 4.58. The Hall–Kier alpha value is -2.34. The molecule has 1 heterocycles. The van der Waals surface area contributed by atoms with E-state index in [9.17, 15) is 0 Å². The summed E-state index contributed by atoms with van der Waals surface area (Å²) in [5.74, 6) is 7.87. The van der Waals surface area contributed by atoms with Gasteiger partial charge in [0.2, 0.25) is 0 Å². The third-order valence-electron chi connectivity index (χ3n) is 3.04. The van der Waals surface area contributed by atoms with Gasteiger partial charge in [-0.3, -0.25) is 0 Å². The number of rotatable bonds is 6. The lowest BCUT2D eigenvalue weighted by Crippen LogP contribution is -2.12. The van der Waals surface area contributed by atoms with Crippen LogP contribution in [0, 0.1) is 6.92 Å². The van der Waals surface area contributed by atoms with Crippen LogP contribution in [-0.4, -0.2) is 17.1 Å². The van der Waals surface area contributed by atoms with Crippen LogP contribution in [0.4, 0.5) is 5.82 Å². The molecule has 6 heteroatoms. The summed E-state index contributed by atoms with van der Waals surface area (Å²) in [6, 6.07) is 7.65. The molecule has 3 N–H and O–H groups in total. The van der Waals surface area contributed by atoms with Crippen LogP contribution < -0.4 is 20.7 Å². The number of hydrogen-bond donors (Lipinski definition) is 2. The van der Waals surface area contributed by atoms with Crippen molar-refractivity contribution in [3.05, 3.63) is 41.3 Å². The predicted molar refractivity (Wildman–Crippen MR) is 81.3 cm³/mol. The predicted octanol–water partition coefficient (Wildman–Crippen LogP) is 2.22. The van der Waals surface area contributed by atoms with Gasteiger partial charge in [-0.2, -0.15) is 0 Å². The van der Waals surface area contributed by atoms with Crippen LogP contribution in [-0.2, 0) is 13.0 Å². The van der Waals surface area contributed by atoms with Crippen molar-refractivity contribution in [1.29, 1.82) is 0 Å². The van der Waals surface area contributed by atoms with Gasteiger partial charge in [0.1, 0.15) is 12.4 Å². The third-order valence-corrected chi connectivity index (χ3v) is 3.04. The first-order valence-corrected chi connectivity index (χ1v) is 6.77. The standard InChI is InChI=1S/C15H20N4O2/c1-4-11-5-6-12(13(8-11)20-3)21-9-15-17-10(2)7-14(18-15)19-16/h5-8H,4,9,16H2,1-3H3,(H,17,18,19). The number of hydrazine groups is 1. The maximum Gasteiger partial charge on any atom is 0.168 e. The van der Waals surface area contributed by atoms with E-state index in [0.29, 0.717) is 23.1 Å². The number of nitrogens with two attached hydrogens (primary N) is 1. The molecule has 0 unspecified atom stereocenters. The summed E-state index contributed by atoms with van der Waals surface area (Å²) in [4.78, 5) is 8.56. The van der Waals surface area contributed by atoms with Gasteiger partial charge in [-0.15, -0.1) is 0 Å². The van der Waals surface area contributed by atoms with E-state index >= 15 is 0 Å². The minimum absolute atomic E-state index is 0.248. The summed E-state index contributed by atoms with van der Waals surface area (Å²) in [6.45, 7) is 4.22. The highest BCUT2D eigenvalue weighted by Crippen LogP contribution is 2.28. The fraction of sp³-hybridized carbons (Fsp3) is 0.333. The van der Waals surface area contributed by atoms with E-state index in [1.54, 1.807) is 13.2 Å². The quantitative estimate of drug-likeness (QED) is 0.626. The zero-order valence-corrected chi connectivity index (χ0v) is 12.5. The summed E-state index contributed by atoms with van der Waals surface area (Å²) in [5.41, 5.74) is 4.53. The number of ether oxygens (including phenoxy) is 2. The number of benzene rings is 1. The summed E-state index contributed by atoms with van der Waals surface area (Å²) in [5, 5.41) is 0. The molecule has 2 rings (SSSR count). The van der Waals surface area contributed by atoms with E-state index in [4.69, 9.17) is 15.3 Å². The third kappa shape index (κ3) is 3.82. The van der Waals surface area contributed by atoms with Crippen molar-refractivity contribution in [3.63, 3.8) is 0 Å². The Kier molecular flexibility index (Phi) is 4.94. The Morgan fingerprint density at radius 2 is 2.00 bits per heavy atom. The highest BCUT2D eigenvalue weighted by molar-refractivity contribution is 5.43. The zero-order valence-electron chi connectivity index (χ0n) is 12.5. The van der Waals surface area contributed by atoms with Gasteiger partial charge >= 0.3 is 0 Å². The van der Waals surface area contributed by atoms with Crippen LogP contribution in [0.15, 0.2) is 24.3 Å². The van der Waals surface area contributed by atoms with Crippen LogP contribution in [0.1, 0.15) is 24.0 Å². The minimum atomic E-state index is 0.248. The van der Waals surface area contributed by atoms with Gasteiger partial charge in [0, 0.05) is 11.8 Å². The number of anilines is 1. The maximum atomic E-state index is 5.75. The van der Waals surface area contributed by atoms with Gasteiger partial charge in [0.15, 0.2) is 17.3 Å². The van der Waals surface area contributed by atoms with Gasteiger partial charge in [-0.25, -0.2) is 15.8 Å². The van der Waals surface area contributed by atoms with Gasteiger partial charge in [-0.1, -0.05) is 13.0 Å². The van der Waals surface area contributed by atoms with Gasteiger partial charge in [0.05, 0.1) is 7.11 Å². The Morgan fingerprint density at radius 1 is 1.19 bits per heavy atom. The van der Waals surface area contributed by atoms with Gasteiger partial charge in [0.25, 0.3) is 0 Å². The lowest BCUT2D eigenvalue weighted by molar-refractivity contribution is 0.276. The molecule has 0 amide bonds. The number of nitrogen functional groups attached to an aromatic ring is 1. The van der Waals surface area contributed by atoms with E-state index in [-0.39, 0.29) is 6.61 Å². The largest absolute Gasteiger partial charge is 0.493 e. The van der Waals surface area contributed by atoms with Crippen LogP contribution in [0.25, 0.3) is 0 Å². The number of methoxy groups -OCH3 is 1. The first-order valence-electron chi connectivity index (χ1n) is 6.77. The Balaban J connectivity index is 2.14. The number of hydrogen-bond acceptors (Lipinski definition) is 6. The average Bonchev–Trinajstić information content (AvgIpc) is 2.52. The normalized spacial score (nSPS) is 10.3. The monoisotopic (exact) mass is 288 g/mol. The first kappa shape index (κ1) is 15.1. The van der Waals surface area contributed by atoms with Crippen molar-refractivity contribution in [1.82, 2.24) is 9.97 Å². The lowest BCUT2D eigenvalue weighted by Gasteiger charge is -2.12.